The van der Waals surface area contributed by atoms with Crippen LogP contribution in [0.25, 0.3) is 11.0 Å². The molecule has 0 saturated carbocycles. The minimum absolute atomic E-state index is 0.285. The Balaban J connectivity index is 2.02. The van der Waals surface area contributed by atoms with Crippen LogP contribution in [0.4, 0.5) is 0 Å². The van der Waals surface area contributed by atoms with Crippen molar-refractivity contribution in [3.63, 3.8) is 0 Å². The first-order chi connectivity index (χ1) is 9.09. The van der Waals surface area contributed by atoms with E-state index in [9.17, 15) is 8.42 Å². The Labute approximate surface area is 116 Å². The zero-order chi connectivity index (χ0) is 13.5. The molecule has 2 heterocycles. The van der Waals surface area contributed by atoms with Crippen LogP contribution in [0.5, 0.6) is 0 Å². The first-order valence-electron chi connectivity index (χ1n) is 6.30. The van der Waals surface area contributed by atoms with E-state index >= 15 is 0 Å². The van der Waals surface area contributed by atoms with Gasteiger partial charge in [0, 0.05) is 13.1 Å². The molecule has 5 nitrogen and oxygen atoms in total. The van der Waals surface area contributed by atoms with Gasteiger partial charge in [-0.2, -0.15) is 13.1 Å². The maximum Gasteiger partial charge on any atom is 0.245 e. The Morgan fingerprint density at radius 2 is 2.00 bits per heavy atom. The van der Waals surface area contributed by atoms with Gasteiger partial charge in [0.15, 0.2) is 0 Å². The fraction of sp³-hybridized carbons (Fsp3) is 0.500. The average molecular weight is 297 g/mol. The van der Waals surface area contributed by atoms with E-state index in [1.165, 1.54) is 0 Å². The third-order valence-electron chi connectivity index (χ3n) is 3.61. The number of nitrogens with zero attached hydrogens (tertiary/aromatic N) is 3. The van der Waals surface area contributed by atoms with E-state index in [4.69, 9.17) is 0 Å². The topological polar surface area (TPSA) is 63.2 Å². The summed E-state index contributed by atoms with van der Waals surface area (Å²) < 4.78 is 35.1. The maximum atomic E-state index is 12.7. The summed E-state index contributed by atoms with van der Waals surface area (Å²) in [6, 6.07) is 5.14. The molecule has 0 bridgehead atoms. The molecule has 2 aromatic rings. The molecule has 1 aromatic carbocycles. The van der Waals surface area contributed by atoms with Crippen molar-refractivity contribution in [3.8, 4) is 0 Å². The van der Waals surface area contributed by atoms with Crippen LogP contribution in [0.15, 0.2) is 23.1 Å². The summed E-state index contributed by atoms with van der Waals surface area (Å²) in [7, 11) is -3.44. The summed E-state index contributed by atoms with van der Waals surface area (Å²) in [5.41, 5.74) is 1.14. The number of hydrogen-bond acceptors (Lipinski definition) is 5. The lowest BCUT2D eigenvalue weighted by Gasteiger charge is -2.29. The van der Waals surface area contributed by atoms with Crippen molar-refractivity contribution in [1.82, 2.24) is 13.1 Å². The van der Waals surface area contributed by atoms with Gasteiger partial charge in [-0.1, -0.05) is 13.0 Å². The van der Waals surface area contributed by atoms with Gasteiger partial charge in [-0.05, 0) is 30.9 Å². The van der Waals surface area contributed by atoms with Crippen LogP contribution in [-0.4, -0.2) is 34.6 Å². The van der Waals surface area contributed by atoms with Gasteiger partial charge in [0.25, 0.3) is 0 Å². The summed E-state index contributed by atoms with van der Waals surface area (Å²) in [6.07, 6.45) is 1.84. The summed E-state index contributed by atoms with van der Waals surface area (Å²) in [5.74, 6) is 0.600. The van der Waals surface area contributed by atoms with E-state index in [1.54, 1.807) is 22.5 Å². The Hall–Kier alpha value is -1.05. The van der Waals surface area contributed by atoms with Crippen LogP contribution in [0, 0.1) is 5.92 Å². The highest BCUT2D eigenvalue weighted by atomic mass is 32.2. The third kappa shape index (κ3) is 2.26. The number of aromatic nitrogens is 2. The predicted molar refractivity (Wildman–Crippen MR) is 74.6 cm³/mol. The summed E-state index contributed by atoms with van der Waals surface area (Å²) in [5, 5.41) is 0. The van der Waals surface area contributed by atoms with Crippen LogP contribution < -0.4 is 0 Å². The molecule has 1 aliphatic heterocycles. The van der Waals surface area contributed by atoms with Crippen LogP contribution in [0.1, 0.15) is 19.8 Å². The molecule has 0 radical (unpaired) electrons. The Morgan fingerprint density at radius 3 is 2.74 bits per heavy atom. The molecule has 102 valence electrons. The lowest BCUT2D eigenvalue weighted by Crippen LogP contribution is -2.37. The zero-order valence-electron chi connectivity index (χ0n) is 10.6. The van der Waals surface area contributed by atoms with Crippen molar-refractivity contribution in [2.24, 2.45) is 5.92 Å². The normalized spacial score (nSPS) is 19.0. The second-order valence-corrected chi connectivity index (χ2v) is 7.41. The van der Waals surface area contributed by atoms with E-state index in [2.05, 4.69) is 15.7 Å². The molecule has 0 aliphatic carbocycles. The SMILES string of the molecule is CC1CCN(S(=O)(=O)c2cccc3nsnc23)CC1. The highest BCUT2D eigenvalue weighted by molar-refractivity contribution is 7.89. The fourth-order valence-electron chi connectivity index (χ4n) is 2.35. The summed E-state index contributed by atoms with van der Waals surface area (Å²) in [4.78, 5) is 0.285. The van der Waals surface area contributed by atoms with E-state index in [0.717, 1.165) is 24.6 Å². The molecule has 0 amide bonds. The van der Waals surface area contributed by atoms with Crippen molar-refractivity contribution in [1.29, 1.82) is 0 Å². The van der Waals surface area contributed by atoms with Crippen molar-refractivity contribution in [2.75, 3.05) is 13.1 Å². The Morgan fingerprint density at radius 1 is 1.26 bits per heavy atom. The highest BCUT2D eigenvalue weighted by Gasteiger charge is 2.30. The number of sulfonamides is 1. The van der Waals surface area contributed by atoms with E-state index in [1.807, 2.05) is 0 Å². The first-order valence-corrected chi connectivity index (χ1v) is 8.47. The summed E-state index contributed by atoms with van der Waals surface area (Å²) in [6.45, 7) is 3.35. The number of piperidine rings is 1. The van der Waals surface area contributed by atoms with Crippen LogP contribution in [0.2, 0.25) is 0 Å². The second kappa shape index (κ2) is 4.81. The lowest BCUT2D eigenvalue weighted by atomic mass is 10.0. The van der Waals surface area contributed by atoms with Crippen LogP contribution in [-0.2, 0) is 10.0 Å². The van der Waals surface area contributed by atoms with Gasteiger partial charge in [-0.15, -0.1) is 0 Å². The molecule has 0 atom stereocenters. The molecule has 0 unspecified atom stereocenters. The maximum absolute atomic E-state index is 12.7. The number of fused-ring (bicyclic) bond motifs is 1. The standard InChI is InChI=1S/C12H15N3O2S2/c1-9-5-7-15(8-6-9)19(16,17)11-4-2-3-10-12(11)14-18-13-10/h2-4,9H,5-8H2,1H3. The van der Waals surface area contributed by atoms with Gasteiger partial charge >= 0.3 is 0 Å². The molecule has 0 N–H and O–H groups in total. The monoisotopic (exact) mass is 297 g/mol. The van der Waals surface area contributed by atoms with Crippen molar-refractivity contribution < 1.29 is 8.42 Å². The average Bonchev–Trinajstić information content (AvgIpc) is 2.87. The van der Waals surface area contributed by atoms with Crippen molar-refractivity contribution >= 4 is 32.8 Å². The molecule has 0 spiro atoms. The van der Waals surface area contributed by atoms with E-state index in [0.29, 0.717) is 30.0 Å². The molecule has 3 rings (SSSR count). The minimum Gasteiger partial charge on any atom is -0.207 e. The second-order valence-electron chi connectivity index (χ2n) is 4.97. The number of hydrogen-bond donors (Lipinski definition) is 0. The molecule has 1 aliphatic rings. The van der Waals surface area contributed by atoms with E-state index in [-0.39, 0.29) is 4.90 Å². The molecular formula is C12H15N3O2S2. The number of benzene rings is 1. The fourth-order valence-corrected chi connectivity index (χ4v) is 4.58. The van der Waals surface area contributed by atoms with Gasteiger partial charge in [-0.25, -0.2) is 8.42 Å². The van der Waals surface area contributed by atoms with Gasteiger partial charge in [0.1, 0.15) is 15.9 Å². The highest BCUT2D eigenvalue weighted by Crippen LogP contribution is 2.27. The molecular weight excluding hydrogens is 282 g/mol. The molecule has 1 saturated heterocycles. The van der Waals surface area contributed by atoms with Gasteiger partial charge in [0.2, 0.25) is 10.0 Å². The minimum atomic E-state index is -3.44. The Kier molecular flexibility index (Phi) is 3.28. The molecule has 19 heavy (non-hydrogen) atoms. The third-order valence-corrected chi connectivity index (χ3v) is 6.08. The van der Waals surface area contributed by atoms with Crippen molar-refractivity contribution in [3.05, 3.63) is 18.2 Å². The van der Waals surface area contributed by atoms with Gasteiger partial charge in [0.05, 0.1) is 11.7 Å². The lowest BCUT2D eigenvalue weighted by molar-refractivity contribution is 0.288. The molecule has 1 aromatic heterocycles. The van der Waals surface area contributed by atoms with Crippen LogP contribution >= 0.6 is 11.7 Å². The smallest absolute Gasteiger partial charge is 0.207 e. The quantitative estimate of drug-likeness (QED) is 0.851. The van der Waals surface area contributed by atoms with E-state index < -0.39 is 10.0 Å². The summed E-state index contributed by atoms with van der Waals surface area (Å²) >= 11 is 1.05. The van der Waals surface area contributed by atoms with Crippen molar-refractivity contribution in [2.45, 2.75) is 24.7 Å². The predicted octanol–water partition coefficient (Wildman–Crippen LogP) is 2.11. The van der Waals surface area contributed by atoms with Crippen LogP contribution in [0.3, 0.4) is 0 Å². The largest absolute Gasteiger partial charge is 0.245 e. The molecule has 1 fully saturated rings. The molecule has 7 heteroatoms. The first kappa shape index (κ1) is 13.0. The number of rotatable bonds is 2. The Bertz CT molecular complexity index is 688. The van der Waals surface area contributed by atoms with Gasteiger partial charge in [-0.3, -0.25) is 0 Å². The van der Waals surface area contributed by atoms with Gasteiger partial charge < -0.3 is 0 Å². The zero-order valence-corrected chi connectivity index (χ0v) is 12.2.